The Bertz CT molecular complexity index is 500. The minimum atomic E-state index is -0.801. The second-order valence-electron chi connectivity index (χ2n) is 5.76. The van der Waals surface area contributed by atoms with Crippen LogP contribution in [0.4, 0.5) is 0 Å². The normalized spacial score (nSPS) is 23.0. The maximum Gasteiger partial charge on any atom is 0.308 e. The predicted molar refractivity (Wildman–Crippen MR) is 81.0 cm³/mol. The molecule has 1 aliphatic rings. The van der Waals surface area contributed by atoms with E-state index in [4.69, 9.17) is 0 Å². The molecule has 0 spiro atoms. The minimum absolute atomic E-state index is 0.0688. The second kappa shape index (κ2) is 6.74. The molecule has 2 rings (SSSR count). The molecule has 0 radical (unpaired) electrons. The molecule has 0 aromatic heterocycles. The molecular formula is C17H23NO3. The van der Waals surface area contributed by atoms with Crippen LogP contribution >= 0.6 is 0 Å². The molecule has 1 aliphatic heterocycles. The predicted octanol–water partition coefficient (Wildman–Crippen LogP) is 2.89. The van der Waals surface area contributed by atoms with Crippen LogP contribution in [0, 0.1) is 5.92 Å². The molecule has 0 aliphatic carbocycles. The van der Waals surface area contributed by atoms with Crippen molar-refractivity contribution in [2.75, 3.05) is 6.54 Å². The summed E-state index contributed by atoms with van der Waals surface area (Å²) in [6.45, 7) is 4.46. The summed E-state index contributed by atoms with van der Waals surface area (Å²) in [6, 6.07) is 9.56. The van der Waals surface area contributed by atoms with E-state index in [1.54, 1.807) is 4.90 Å². The van der Waals surface area contributed by atoms with Crippen molar-refractivity contribution in [1.82, 2.24) is 4.90 Å². The van der Waals surface area contributed by atoms with Gasteiger partial charge in [0.25, 0.3) is 0 Å². The monoisotopic (exact) mass is 289 g/mol. The van der Waals surface area contributed by atoms with E-state index in [0.717, 1.165) is 18.4 Å². The van der Waals surface area contributed by atoms with E-state index in [1.165, 1.54) is 0 Å². The molecule has 0 bridgehead atoms. The maximum atomic E-state index is 12.8. The maximum absolute atomic E-state index is 12.8. The second-order valence-corrected chi connectivity index (χ2v) is 5.76. The topological polar surface area (TPSA) is 57.6 Å². The SMILES string of the molecule is CCCC(C(=O)N1CCC(C(=O)O)C1C)c1ccccc1. The highest BCUT2D eigenvalue weighted by atomic mass is 16.4. The highest BCUT2D eigenvalue weighted by Gasteiger charge is 2.40. The summed E-state index contributed by atoms with van der Waals surface area (Å²) in [7, 11) is 0. The molecule has 1 aromatic carbocycles. The number of hydrogen-bond acceptors (Lipinski definition) is 2. The lowest BCUT2D eigenvalue weighted by Gasteiger charge is -2.28. The number of carboxylic acid groups (broad SMARTS) is 1. The van der Waals surface area contributed by atoms with Crippen molar-refractivity contribution in [2.45, 2.75) is 45.1 Å². The summed E-state index contributed by atoms with van der Waals surface area (Å²) in [5.41, 5.74) is 1.02. The first kappa shape index (κ1) is 15.5. The molecule has 1 aromatic rings. The zero-order valence-corrected chi connectivity index (χ0v) is 12.7. The highest BCUT2D eigenvalue weighted by molar-refractivity contribution is 5.85. The number of carbonyl (C=O) groups excluding carboxylic acids is 1. The lowest BCUT2D eigenvalue weighted by Crippen LogP contribution is -2.40. The molecule has 114 valence electrons. The molecule has 1 saturated heterocycles. The van der Waals surface area contributed by atoms with E-state index in [2.05, 4.69) is 6.92 Å². The standard InChI is InChI=1S/C17H23NO3/c1-3-7-15(13-8-5-4-6-9-13)16(19)18-11-10-14(12(18)2)17(20)21/h4-6,8-9,12,14-15H,3,7,10-11H2,1-2H3,(H,20,21). The van der Waals surface area contributed by atoms with Gasteiger partial charge in [-0.2, -0.15) is 0 Å². The Hall–Kier alpha value is -1.84. The highest BCUT2D eigenvalue weighted by Crippen LogP contribution is 2.30. The Balaban J connectivity index is 2.18. The summed E-state index contributed by atoms with van der Waals surface area (Å²) < 4.78 is 0. The van der Waals surface area contributed by atoms with Crippen molar-refractivity contribution in [2.24, 2.45) is 5.92 Å². The smallest absolute Gasteiger partial charge is 0.308 e. The number of nitrogens with zero attached hydrogens (tertiary/aromatic N) is 1. The van der Waals surface area contributed by atoms with Gasteiger partial charge >= 0.3 is 5.97 Å². The van der Waals surface area contributed by atoms with Gasteiger partial charge in [0.05, 0.1) is 11.8 Å². The van der Waals surface area contributed by atoms with Crippen LogP contribution in [0.15, 0.2) is 30.3 Å². The Kier molecular flexibility index (Phi) is 4.99. The summed E-state index contributed by atoms with van der Waals surface area (Å²) in [6.07, 6.45) is 2.27. The van der Waals surface area contributed by atoms with Crippen LogP contribution in [0.2, 0.25) is 0 Å². The van der Waals surface area contributed by atoms with E-state index in [1.807, 2.05) is 37.3 Å². The first-order valence-corrected chi connectivity index (χ1v) is 7.64. The molecular weight excluding hydrogens is 266 g/mol. The third kappa shape index (κ3) is 3.26. The number of hydrogen-bond donors (Lipinski definition) is 1. The van der Waals surface area contributed by atoms with Crippen molar-refractivity contribution in [3.8, 4) is 0 Å². The minimum Gasteiger partial charge on any atom is -0.481 e. The Labute approximate surface area is 125 Å². The fraction of sp³-hybridized carbons (Fsp3) is 0.529. The van der Waals surface area contributed by atoms with Crippen LogP contribution < -0.4 is 0 Å². The van der Waals surface area contributed by atoms with E-state index < -0.39 is 11.9 Å². The zero-order valence-electron chi connectivity index (χ0n) is 12.7. The van der Waals surface area contributed by atoms with Crippen LogP contribution in [0.3, 0.4) is 0 Å². The van der Waals surface area contributed by atoms with Gasteiger partial charge in [0.2, 0.25) is 5.91 Å². The number of amides is 1. The van der Waals surface area contributed by atoms with Gasteiger partial charge in [0.15, 0.2) is 0 Å². The summed E-state index contributed by atoms with van der Waals surface area (Å²) in [4.78, 5) is 25.8. The number of likely N-dealkylation sites (tertiary alicyclic amines) is 1. The van der Waals surface area contributed by atoms with Crippen LogP contribution in [0.1, 0.15) is 44.6 Å². The number of aliphatic carboxylic acids is 1. The van der Waals surface area contributed by atoms with E-state index in [-0.39, 0.29) is 17.9 Å². The van der Waals surface area contributed by atoms with Gasteiger partial charge in [-0.15, -0.1) is 0 Å². The molecule has 21 heavy (non-hydrogen) atoms. The van der Waals surface area contributed by atoms with E-state index in [9.17, 15) is 14.7 Å². The fourth-order valence-electron chi connectivity index (χ4n) is 3.19. The van der Waals surface area contributed by atoms with Crippen molar-refractivity contribution < 1.29 is 14.7 Å². The van der Waals surface area contributed by atoms with Gasteiger partial charge in [-0.3, -0.25) is 9.59 Å². The molecule has 4 nitrogen and oxygen atoms in total. The molecule has 1 amide bonds. The van der Waals surface area contributed by atoms with Gasteiger partial charge < -0.3 is 10.0 Å². The molecule has 1 heterocycles. The van der Waals surface area contributed by atoms with Crippen molar-refractivity contribution >= 4 is 11.9 Å². The van der Waals surface area contributed by atoms with Crippen molar-refractivity contribution in [3.63, 3.8) is 0 Å². The zero-order chi connectivity index (χ0) is 15.4. The molecule has 1 N–H and O–H groups in total. The summed E-state index contributed by atoms with van der Waals surface area (Å²) in [5, 5.41) is 9.20. The largest absolute Gasteiger partial charge is 0.481 e. The third-order valence-electron chi connectivity index (χ3n) is 4.43. The average molecular weight is 289 g/mol. The summed E-state index contributed by atoms with van der Waals surface area (Å²) in [5.74, 6) is -1.33. The molecule has 4 heteroatoms. The molecule has 3 atom stereocenters. The summed E-state index contributed by atoms with van der Waals surface area (Å²) >= 11 is 0. The number of benzene rings is 1. The lowest BCUT2D eigenvalue weighted by molar-refractivity contribution is -0.143. The number of rotatable bonds is 5. The van der Waals surface area contributed by atoms with E-state index in [0.29, 0.717) is 13.0 Å². The molecule has 3 unspecified atom stereocenters. The van der Waals surface area contributed by atoms with E-state index >= 15 is 0 Å². The third-order valence-corrected chi connectivity index (χ3v) is 4.43. The van der Waals surface area contributed by atoms with Crippen LogP contribution in [0.5, 0.6) is 0 Å². The van der Waals surface area contributed by atoms with Gasteiger partial charge in [0.1, 0.15) is 0 Å². The van der Waals surface area contributed by atoms with Crippen molar-refractivity contribution in [1.29, 1.82) is 0 Å². The lowest BCUT2D eigenvalue weighted by atomic mass is 9.92. The first-order chi connectivity index (χ1) is 10.1. The number of carbonyl (C=O) groups is 2. The van der Waals surface area contributed by atoms with Gasteiger partial charge in [-0.1, -0.05) is 43.7 Å². The number of carboxylic acids is 1. The fourth-order valence-corrected chi connectivity index (χ4v) is 3.19. The van der Waals surface area contributed by atoms with Crippen LogP contribution in [0.25, 0.3) is 0 Å². The van der Waals surface area contributed by atoms with Gasteiger partial charge in [-0.25, -0.2) is 0 Å². The average Bonchev–Trinajstić information content (AvgIpc) is 2.87. The molecule has 0 saturated carbocycles. The quantitative estimate of drug-likeness (QED) is 0.906. The van der Waals surface area contributed by atoms with Crippen molar-refractivity contribution in [3.05, 3.63) is 35.9 Å². The van der Waals surface area contributed by atoms with Crippen LogP contribution in [-0.2, 0) is 9.59 Å². The first-order valence-electron chi connectivity index (χ1n) is 7.64. The van der Waals surface area contributed by atoms with Gasteiger partial charge in [0, 0.05) is 12.6 Å². The Morgan fingerprint density at radius 3 is 2.52 bits per heavy atom. The Morgan fingerprint density at radius 2 is 2.00 bits per heavy atom. The molecule has 1 fully saturated rings. The van der Waals surface area contributed by atoms with Crippen LogP contribution in [-0.4, -0.2) is 34.5 Å². The van der Waals surface area contributed by atoms with Gasteiger partial charge in [-0.05, 0) is 25.3 Å². The Morgan fingerprint density at radius 1 is 1.33 bits per heavy atom.